The molecule has 16 heavy (non-hydrogen) atoms. The molecule has 0 fully saturated rings. The molecule has 0 radical (unpaired) electrons. The minimum Gasteiger partial charge on any atom is -0.355 e. The SMILES string of the molecule is CCN/C(N=C(N(C)C)N(C)C)=N/C(C)C. The number of hydrogen-bond donors (Lipinski definition) is 1. The van der Waals surface area contributed by atoms with Crippen molar-refractivity contribution in [2.24, 2.45) is 9.98 Å². The number of guanidine groups is 2. The molecule has 0 aliphatic rings. The van der Waals surface area contributed by atoms with Gasteiger partial charge in [-0.2, -0.15) is 4.99 Å². The summed E-state index contributed by atoms with van der Waals surface area (Å²) in [5, 5.41) is 3.16. The molecular formula is C11H25N5. The zero-order valence-corrected chi connectivity index (χ0v) is 11.6. The van der Waals surface area contributed by atoms with E-state index in [1.165, 1.54) is 0 Å². The first-order valence-electron chi connectivity index (χ1n) is 5.63. The molecule has 0 amide bonds. The van der Waals surface area contributed by atoms with Crippen LogP contribution in [0.4, 0.5) is 0 Å². The van der Waals surface area contributed by atoms with Crippen molar-refractivity contribution in [1.82, 2.24) is 15.1 Å². The molecular weight excluding hydrogens is 202 g/mol. The molecule has 0 bridgehead atoms. The van der Waals surface area contributed by atoms with Gasteiger partial charge in [0.05, 0.1) is 0 Å². The summed E-state index contributed by atoms with van der Waals surface area (Å²) in [5.41, 5.74) is 0. The quantitative estimate of drug-likeness (QED) is 0.561. The molecule has 0 unspecified atom stereocenters. The van der Waals surface area contributed by atoms with Gasteiger partial charge >= 0.3 is 0 Å². The van der Waals surface area contributed by atoms with Gasteiger partial charge in [-0.05, 0) is 20.8 Å². The molecule has 0 aromatic carbocycles. The van der Waals surface area contributed by atoms with Crippen LogP contribution in [0.3, 0.4) is 0 Å². The molecule has 0 rings (SSSR count). The molecule has 0 heterocycles. The fourth-order valence-corrected chi connectivity index (χ4v) is 1.21. The summed E-state index contributed by atoms with van der Waals surface area (Å²) in [4.78, 5) is 12.9. The number of rotatable bonds is 2. The van der Waals surface area contributed by atoms with E-state index in [1.807, 2.05) is 58.8 Å². The number of nitrogens with one attached hydrogen (secondary N) is 1. The van der Waals surface area contributed by atoms with Crippen LogP contribution < -0.4 is 5.32 Å². The van der Waals surface area contributed by atoms with Gasteiger partial charge < -0.3 is 15.1 Å². The van der Waals surface area contributed by atoms with Crippen molar-refractivity contribution in [3.05, 3.63) is 0 Å². The van der Waals surface area contributed by atoms with Gasteiger partial charge in [0.1, 0.15) is 0 Å². The van der Waals surface area contributed by atoms with Crippen LogP contribution in [0.15, 0.2) is 9.98 Å². The van der Waals surface area contributed by atoms with Crippen molar-refractivity contribution in [3.8, 4) is 0 Å². The van der Waals surface area contributed by atoms with E-state index >= 15 is 0 Å². The minimum atomic E-state index is 0.239. The largest absolute Gasteiger partial charge is 0.355 e. The lowest BCUT2D eigenvalue weighted by Crippen LogP contribution is -2.38. The van der Waals surface area contributed by atoms with Gasteiger partial charge in [0.15, 0.2) is 0 Å². The van der Waals surface area contributed by atoms with E-state index in [9.17, 15) is 0 Å². The van der Waals surface area contributed by atoms with E-state index in [0.29, 0.717) is 5.96 Å². The Morgan fingerprint density at radius 1 is 1.12 bits per heavy atom. The van der Waals surface area contributed by atoms with Crippen molar-refractivity contribution in [2.75, 3.05) is 34.7 Å². The lowest BCUT2D eigenvalue weighted by molar-refractivity contribution is 0.484. The highest BCUT2D eigenvalue weighted by atomic mass is 15.4. The second kappa shape index (κ2) is 7.09. The molecule has 5 heteroatoms. The lowest BCUT2D eigenvalue weighted by Gasteiger charge is -2.23. The van der Waals surface area contributed by atoms with Crippen molar-refractivity contribution < 1.29 is 0 Å². The highest BCUT2D eigenvalue weighted by Crippen LogP contribution is 1.93. The predicted octanol–water partition coefficient (Wildman–Crippen LogP) is 0.840. The molecule has 0 aliphatic carbocycles. The molecule has 0 atom stereocenters. The third-order valence-electron chi connectivity index (χ3n) is 1.72. The van der Waals surface area contributed by atoms with Crippen LogP contribution in [-0.4, -0.2) is 62.5 Å². The molecule has 0 aromatic heterocycles. The van der Waals surface area contributed by atoms with Crippen LogP contribution >= 0.6 is 0 Å². The van der Waals surface area contributed by atoms with Crippen LogP contribution in [0.25, 0.3) is 0 Å². The van der Waals surface area contributed by atoms with Crippen molar-refractivity contribution in [1.29, 1.82) is 0 Å². The van der Waals surface area contributed by atoms with Crippen molar-refractivity contribution in [2.45, 2.75) is 26.8 Å². The first-order valence-corrected chi connectivity index (χ1v) is 5.63. The van der Waals surface area contributed by atoms with Gasteiger partial charge in [-0.15, -0.1) is 0 Å². The van der Waals surface area contributed by atoms with Crippen LogP contribution in [-0.2, 0) is 0 Å². The van der Waals surface area contributed by atoms with Gasteiger partial charge in [-0.25, -0.2) is 4.99 Å². The van der Waals surface area contributed by atoms with Crippen molar-refractivity contribution >= 4 is 11.9 Å². The predicted molar refractivity (Wildman–Crippen MR) is 71.1 cm³/mol. The molecule has 0 aromatic rings. The maximum Gasteiger partial charge on any atom is 0.221 e. The molecule has 0 aliphatic heterocycles. The fraction of sp³-hybridized carbons (Fsp3) is 0.818. The Labute approximate surface area is 99.2 Å². The van der Waals surface area contributed by atoms with Gasteiger partial charge in [0.2, 0.25) is 11.9 Å². The second-order valence-corrected chi connectivity index (χ2v) is 4.28. The average Bonchev–Trinajstić information content (AvgIpc) is 2.12. The third-order valence-corrected chi connectivity index (χ3v) is 1.72. The Bertz CT molecular complexity index is 243. The van der Waals surface area contributed by atoms with E-state index < -0.39 is 0 Å². The van der Waals surface area contributed by atoms with Gasteiger partial charge in [0, 0.05) is 40.8 Å². The lowest BCUT2D eigenvalue weighted by atomic mass is 10.4. The molecule has 0 saturated carbocycles. The highest BCUT2D eigenvalue weighted by Gasteiger charge is 2.06. The molecule has 0 spiro atoms. The molecule has 0 saturated heterocycles. The Kier molecular flexibility index (Phi) is 6.53. The maximum absolute atomic E-state index is 4.51. The summed E-state index contributed by atoms with van der Waals surface area (Å²) < 4.78 is 0. The van der Waals surface area contributed by atoms with E-state index in [0.717, 1.165) is 12.5 Å². The topological polar surface area (TPSA) is 43.2 Å². The first kappa shape index (κ1) is 14.7. The number of nitrogens with zero attached hydrogens (tertiary/aromatic N) is 4. The van der Waals surface area contributed by atoms with Crippen molar-refractivity contribution in [3.63, 3.8) is 0 Å². The Balaban J connectivity index is 4.99. The molecule has 1 N–H and O–H groups in total. The monoisotopic (exact) mass is 227 g/mol. The maximum atomic E-state index is 4.51. The third kappa shape index (κ3) is 5.58. The minimum absolute atomic E-state index is 0.239. The second-order valence-electron chi connectivity index (χ2n) is 4.28. The first-order chi connectivity index (χ1) is 7.38. The summed E-state index contributed by atoms with van der Waals surface area (Å²) in [7, 11) is 7.88. The highest BCUT2D eigenvalue weighted by molar-refractivity contribution is 5.94. The average molecular weight is 227 g/mol. The van der Waals surface area contributed by atoms with Crippen LogP contribution in [0.1, 0.15) is 20.8 Å². The zero-order chi connectivity index (χ0) is 12.7. The summed E-state index contributed by atoms with van der Waals surface area (Å²) in [6.07, 6.45) is 0. The van der Waals surface area contributed by atoms with Crippen LogP contribution in [0.5, 0.6) is 0 Å². The molecule has 94 valence electrons. The van der Waals surface area contributed by atoms with Crippen LogP contribution in [0, 0.1) is 0 Å². The summed E-state index contributed by atoms with van der Waals surface area (Å²) in [6.45, 7) is 6.94. The smallest absolute Gasteiger partial charge is 0.221 e. The summed E-state index contributed by atoms with van der Waals surface area (Å²) in [5.74, 6) is 1.57. The summed E-state index contributed by atoms with van der Waals surface area (Å²) in [6, 6.07) is 0.239. The Morgan fingerprint density at radius 2 is 1.62 bits per heavy atom. The molecule has 5 nitrogen and oxygen atoms in total. The van der Waals surface area contributed by atoms with E-state index in [1.54, 1.807) is 0 Å². The normalized spacial score (nSPS) is 11.4. The summed E-state index contributed by atoms with van der Waals surface area (Å²) >= 11 is 0. The number of hydrogen-bond acceptors (Lipinski definition) is 1. The Morgan fingerprint density at radius 3 is 1.94 bits per heavy atom. The Hall–Kier alpha value is -1.26. The van der Waals surface area contributed by atoms with Crippen LogP contribution in [0.2, 0.25) is 0 Å². The zero-order valence-electron chi connectivity index (χ0n) is 11.6. The standard InChI is InChI=1S/C11H25N5/c1-8-12-10(13-9(2)3)14-11(15(4)5)16(6)7/h9H,8H2,1-7H3,(H,12,13). The number of aliphatic imine (C=N–C) groups is 2. The van der Waals surface area contributed by atoms with Gasteiger partial charge in [-0.3, -0.25) is 0 Å². The van der Waals surface area contributed by atoms with E-state index in [4.69, 9.17) is 0 Å². The van der Waals surface area contributed by atoms with Gasteiger partial charge in [0.25, 0.3) is 0 Å². The van der Waals surface area contributed by atoms with Gasteiger partial charge in [-0.1, -0.05) is 0 Å². The van der Waals surface area contributed by atoms with E-state index in [-0.39, 0.29) is 6.04 Å². The fourth-order valence-electron chi connectivity index (χ4n) is 1.21. The van der Waals surface area contributed by atoms with E-state index in [2.05, 4.69) is 15.3 Å².